The highest BCUT2D eigenvalue weighted by atomic mass is 16.5. The molecule has 19 heavy (non-hydrogen) atoms. The van der Waals surface area contributed by atoms with Gasteiger partial charge in [-0.1, -0.05) is 84.0 Å². The number of hydrogen-bond acceptors (Lipinski definition) is 2. The molecule has 0 spiro atoms. The zero-order valence-electron chi connectivity index (χ0n) is 13.6. The van der Waals surface area contributed by atoms with Gasteiger partial charge < -0.3 is 10.7 Å². The lowest BCUT2D eigenvalue weighted by atomic mass is 9.97. The Morgan fingerprint density at radius 3 is 1.42 bits per heavy atom. The molecule has 2 heteroatoms. The summed E-state index contributed by atoms with van der Waals surface area (Å²) < 4.78 is 0. The summed E-state index contributed by atoms with van der Waals surface area (Å²) in [6.45, 7) is 6.24. The van der Waals surface area contributed by atoms with Gasteiger partial charge in [-0.15, -0.1) is 0 Å². The first-order valence-corrected chi connectivity index (χ1v) is 8.51. The molecule has 0 atom stereocenters. The van der Waals surface area contributed by atoms with E-state index in [1.54, 1.807) is 0 Å². The molecular weight excluding hydrogens is 234 g/mol. The van der Waals surface area contributed by atoms with E-state index in [4.69, 9.17) is 0 Å². The van der Waals surface area contributed by atoms with Gasteiger partial charge in [0.25, 0.3) is 0 Å². The van der Waals surface area contributed by atoms with Crippen LogP contribution < -0.4 is 5.48 Å². The summed E-state index contributed by atoms with van der Waals surface area (Å²) in [5, 5.41) is 10.6. The molecule has 1 N–H and O–H groups in total. The first-order chi connectivity index (χ1) is 9.12. The molecule has 0 aliphatic carbocycles. The average Bonchev–Trinajstić information content (AvgIpc) is 2.40. The molecule has 0 heterocycles. The van der Waals surface area contributed by atoms with Gasteiger partial charge >= 0.3 is 0 Å². The summed E-state index contributed by atoms with van der Waals surface area (Å²) in [5.74, 6) is 0. The summed E-state index contributed by atoms with van der Waals surface area (Å²) in [4.78, 5) is 0. The molecule has 116 valence electrons. The summed E-state index contributed by atoms with van der Waals surface area (Å²) in [6, 6.07) is 0. The molecule has 2 nitrogen and oxygen atoms in total. The molecule has 0 saturated heterocycles. The van der Waals surface area contributed by atoms with Crippen molar-refractivity contribution >= 4 is 0 Å². The van der Waals surface area contributed by atoms with Crippen molar-refractivity contribution in [3.8, 4) is 0 Å². The zero-order valence-corrected chi connectivity index (χ0v) is 13.6. The maximum absolute atomic E-state index is 10.6. The summed E-state index contributed by atoms with van der Waals surface area (Å²) in [7, 11) is 0. The standard InChI is InChI=1S/C17H36NO/c1-4-5-6-7-8-9-10-11-12-13-14-15-16-17(2,3)18-19/h18H,4-16H2,1-3H3/q-1. The average molecular weight is 270 g/mol. The first-order valence-electron chi connectivity index (χ1n) is 8.51. The predicted molar refractivity (Wildman–Crippen MR) is 86.3 cm³/mol. The lowest BCUT2D eigenvalue weighted by Crippen LogP contribution is -2.34. The number of hydrogen-bond donors (Lipinski definition) is 1. The number of rotatable bonds is 14. The molecule has 0 saturated carbocycles. The third-order valence-electron chi connectivity index (χ3n) is 3.93. The van der Waals surface area contributed by atoms with Crippen LogP contribution in [0, 0.1) is 5.21 Å². The van der Waals surface area contributed by atoms with E-state index in [9.17, 15) is 5.21 Å². The van der Waals surface area contributed by atoms with Crippen molar-refractivity contribution in [2.75, 3.05) is 0 Å². The van der Waals surface area contributed by atoms with E-state index in [-0.39, 0.29) is 5.54 Å². The SMILES string of the molecule is CCCCCCCCCCCCCCC(C)(C)N[O-]. The topological polar surface area (TPSA) is 35.1 Å². The minimum absolute atomic E-state index is 0.224. The summed E-state index contributed by atoms with van der Waals surface area (Å²) >= 11 is 0. The maximum Gasteiger partial charge on any atom is 0.000819 e. The number of unbranched alkanes of at least 4 members (excludes halogenated alkanes) is 11. The van der Waals surface area contributed by atoms with Gasteiger partial charge in [-0.2, -0.15) is 0 Å². The lowest BCUT2D eigenvalue weighted by Gasteiger charge is -2.30. The van der Waals surface area contributed by atoms with Gasteiger partial charge in [0.05, 0.1) is 0 Å². The fourth-order valence-corrected chi connectivity index (χ4v) is 2.46. The van der Waals surface area contributed by atoms with Gasteiger partial charge in [-0.05, 0) is 20.3 Å². The van der Waals surface area contributed by atoms with Crippen LogP contribution in [0.5, 0.6) is 0 Å². The van der Waals surface area contributed by atoms with Crippen molar-refractivity contribution in [1.82, 2.24) is 5.48 Å². The third-order valence-corrected chi connectivity index (χ3v) is 3.93. The monoisotopic (exact) mass is 270 g/mol. The van der Waals surface area contributed by atoms with Gasteiger partial charge in [-0.25, -0.2) is 0 Å². The van der Waals surface area contributed by atoms with Crippen molar-refractivity contribution in [3.63, 3.8) is 0 Å². The van der Waals surface area contributed by atoms with Crippen molar-refractivity contribution < 1.29 is 0 Å². The Bertz CT molecular complexity index is 180. The number of hydroxylamine groups is 1. The Balaban J connectivity index is 3.07. The van der Waals surface area contributed by atoms with E-state index < -0.39 is 0 Å². The molecule has 0 rings (SSSR count). The quantitative estimate of drug-likeness (QED) is 0.313. The molecule has 0 aromatic carbocycles. The molecular formula is C17H36NO-. The fraction of sp³-hybridized carbons (Fsp3) is 1.00. The molecule has 0 bridgehead atoms. The maximum atomic E-state index is 10.6. The van der Waals surface area contributed by atoms with E-state index >= 15 is 0 Å². The Morgan fingerprint density at radius 1 is 0.684 bits per heavy atom. The van der Waals surface area contributed by atoms with Crippen LogP contribution in [0.25, 0.3) is 0 Å². The van der Waals surface area contributed by atoms with Crippen LogP contribution in [-0.2, 0) is 0 Å². The van der Waals surface area contributed by atoms with Crippen LogP contribution >= 0.6 is 0 Å². The molecule has 0 aliphatic rings. The van der Waals surface area contributed by atoms with Crippen LogP contribution in [-0.4, -0.2) is 5.54 Å². The highest BCUT2D eigenvalue weighted by molar-refractivity contribution is 4.76. The van der Waals surface area contributed by atoms with Crippen LogP contribution in [0.1, 0.15) is 104 Å². The summed E-state index contributed by atoms with van der Waals surface area (Å²) in [5.41, 5.74) is 1.91. The van der Waals surface area contributed by atoms with Gasteiger partial charge in [0, 0.05) is 5.54 Å². The third kappa shape index (κ3) is 14.1. The fourth-order valence-electron chi connectivity index (χ4n) is 2.46. The predicted octanol–water partition coefficient (Wildman–Crippen LogP) is 5.94. The van der Waals surface area contributed by atoms with Crippen molar-refractivity contribution in [1.29, 1.82) is 0 Å². The molecule has 0 unspecified atom stereocenters. The van der Waals surface area contributed by atoms with Gasteiger partial charge in [-0.3, -0.25) is 0 Å². The second-order valence-corrected chi connectivity index (χ2v) is 6.63. The molecule has 0 aliphatic heterocycles. The Labute approximate surface area is 121 Å². The summed E-state index contributed by atoms with van der Waals surface area (Å²) in [6.07, 6.45) is 17.5. The largest absolute Gasteiger partial charge is 0.787 e. The lowest BCUT2D eigenvalue weighted by molar-refractivity contribution is 0.387. The highest BCUT2D eigenvalue weighted by Gasteiger charge is 2.10. The number of nitrogens with one attached hydrogen (secondary N) is 1. The van der Waals surface area contributed by atoms with Crippen molar-refractivity contribution in [2.24, 2.45) is 0 Å². The van der Waals surface area contributed by atoms with E-state index in [1.807, 2.05) is 13.8 Å². The highest BCUT2D eigenvalue weighted by Crippen LogP contribution is 2.16. The first kappa shape index (κ1) is 18.9. The van der Waals surface area contributed by atoms with Gasteiger partial charge in [0.1, 0.15) is 0 Å². The Hall–Kier alpha value is -0.0800. The molecule has 0 aromatic heterocycles. The zero-order chi connectivity index (χ0) is 14.4. The van der Waals surface area contributed by atoms with Crippen LogP contribution in [0.4, 0.5) is 0 Å². The second-order valence-electron chi connectivity index (χ2n) is 6.63. The minimum Gasteiger partial charge on any atom is -0.787 e. The van der Waals surface area contributed by atoms with E-state index in [0.29, 0.717) is 0 Å². The van der Waals surface area contributed by atoms with Crippen LogP contribution in [0.15, 0.2) is 0 Å². The molecule has 0 amide bonds. The second kappa shape index (κ2) is 12.9. The normalized spacial score (nSPS) is 12.0. The molecule has 0 aromatic rings. The molecule has 0 radical (unpaired) electrons. The smallest absolute Gasteiger partial charge is 0.000819 e. The van der Waals surface area contributed by atoms with Gasteiger partial charge in [0.15, 0.2) is 0 Å². The van der Waals surface area contributed by atoms with Crippen LogP contribution in [0.2, 0.25) is 0 Å². The minimum atomic E-state index is -0.224. The van der Waals surface area contributed by atoms with E-state index in [2.05, 4.69) is 12.4 Å². The Morgan fingerprint density at radius 2 is 1.05 bits per heavy atom. The van der Waals surface area contributed by atoms with E-state index in [0.717, 1.165) is 6.42 Å². The van der Waals surface area contributed by atoms with Crippen molar-refractivity contribution in [2.45, 2.75) is 110 Å². The Kier molecular flexibility index (Phi) is 12.9. The van der Waals surface area contributed by atoms with Gasteiger partial charge in [0.2, 0.25) is 0 Å². The van der Waals surface area contributed by atoms with Crippen molar-refractivity contribution in [3.05, 3.63) is 5.21 Å². The van der Waals surface area contributed by atoms with Crippen LogP contribution in [0.3, 0.4) is 0 Å². The molecule has 0 fully saturated rings. The van der Waals surface area contributed by atoms with E-state index in [1.165, 1.54) is 77.0 Å².